The minimum absolute atomic E-state index is 0.492. The Bertz CT molecular complexity index is 454. The maximum atomic E-state index is 9.01. The second-order valence-corrected chi connectivity index (χ2v) is 4.87. The first-order valence-electron chi connectivity index (χ1n) is 6.96. The van der Waals surface area contributed by atoms with Crippen molar-refractivity contribution in [1.82, 2.24) is 4.90 Å². The van der Waals surface area contributed by atoms with E-state index in [4.69, 9.17) is 14.7 Å². The van der Waals surface area contributed by atoms with Gasteiger partial charge in [-0.25, -0.2) is 0 Å². The van der Waals surface area contributed by atoms with Crippen LogP contribution in [0.5, 0.6) is 5.75 Å². The van der Waals surface area contributed by atoms with Gasteiger partial charge in [-0.1, -0.05) is 13.0 Å². The van der Waals surface area contributed by atoms with Crippen LogP contribution >= 0.6 is 0 Å². The Morgan fingerprint density at radius 2 is 2.10 bits per heavy atom. The van der Waals surface area contributed by atoms with E-state index >= 15 is 0 Å². The fourth-order valence-corrected chi connectivity index (χ4v) is 2.08. The average Bonchev–Trinajstić information content (AvgIpc) is 2.50. The SMILES string of the molecule is CCC(C)N(CCOC)Cc1ccc(C#N)c(OC)c1. The fraction of sp³-hybridized carbons (Fsp3) is 0.562. The molecule has 4 nitrogen and oxygen atoms in total. The molecule has 0 aliphatic heterocycles. The van der Waals surface area contributed by atoms with Crippen LogP contribution in [-0.4, -0.2) is 38.3 Å². The van der Waals surface area contributed by atoms with Crippen molar-refractivity contribution in [3.63, 3.8) is 0 Å². The van der Waals surface area contributed by atoms with E-state index in [-0.39, 0.29) is 0 Å². The van der Waals surface area contributed by atoms with Gasteiger partial charge < -0.3 is 9.47 Å². The molecule has 0 aromatic heterocycles. The molecular weight excluding hydrogens is 252 g/mol. The van der Waals surface area contributed by atoms with Crippen molar-refractivity contribution < 1.29 is 9.47 Å². The van der Waals surface area contributed by atoms with E-state index in [2.05, 4.69) is 24.8 Å². The Hall–Kier alpha value is -1.57. The summed E-state index contributed by atoms with van der Waals surface area (Å²) >= 11 is 0. The van der Waals surface area contributed by atoms with Crippen LogP contribution in [0.1, 0.15) is 31.4 Å². The van der Waals surface area contributed by atoms with Crippen molar-refractivity contribution in [2.24, 2.45) is 0 Å². The van der Waals surface area contributed by atoms with Crippen LogP contribution in [0, 0.1) is 11.3 Å². The van der Waals surface area contributed by atoms with Crippen LogP contribution in [0.4, 0.5) is 0 Å². The van der Waals surface area contributed by atoms with E-state index < -0.39 is 0 Å². The molecule has 0 bridgehead atoms. The normalized spacial score (nSPS) is 12.2. The molecule has 0 spiro atoms. The van der Waals surface area contributed by atoms with Crippen molar-refractivity contribution in [3.05, 3.63) is 29.3 Å². The highest BCUT2D eigenvalue weighted by atomic mass is 16.5. The van der Waals surface area contributed by atoms with Crippen LogP contribution in [0.25, 0.3) is 0 Å². The van der Waals surface area contributed by atoms with Crippen LogP contribution in [0.3, 0.4) is 0 Å². The van der Waals surface area contributed by atoms with Gasteiger partial charge in [0.2, 0.25) is 0 Å². The first-order valence-corrected chi connectivity index (χ1v) is 6.96. The van der Waals surface area contributed by atoms with Gasteiger partial charge in [-0.15, -0.1) is 0 Å². The van der Waals surface area contributed by atoms with Gasteiger partial charge in [-0.2, -0.15) is 5.26 Å². The number of nitrogens with zero attached hydrogens (tertiary/aromatic N) is 2. The summed E-state index contributed by atoms with van der Waals surface area (Å²) in [6.07, 6.45) is 1.09. The predicted molar refractivity (Wildman–Crippen MR) is 79.7 cm³/mol. The minimum atomic E-state index is 0.492. The first kappa shape index (κ1) is 16.5. The van der Waals surface area contributed by atoms with E-state index in [0.29, 0.717) is 17.4 Å². The van der Waals surface area contributed by atoms with Crippen LogP contribution in [0.2, 0.25) is 0 Å². The molecule has 1 rings (SSSR count). The summed E-state index contributed by atoms with van der Waals surface area (Å²) in [5.41, 5.74) is 1.72. The summed E-state index contributed by atoms with van der Waals surface area (Å²) in [5, 5.41) is 9.01. The number of rotatable bonds is 8. The van der Waals surface area contributed by atoms with Gasteiger partial charge in [0.25, 0.3) is 0 Å². The Morgan fingerprint density at radius 1 is 1.35 bits per heavy atom. The van der Waals surface area contributed by atoms with E-state index in [0.717, 1.165) is 31.7 Å². The molecule has 1 aromatic rings. The molecule has 0 aliphatic rings. The molecule has 110 valence electrons. The van der Waals surface area contributed by atoms with Gasteiger partial charge in [0, 0.05) is 26.2 Å². The monoisotopic (exact) mass is 276 g/mol. The lowest BCUT2D eigenvalue weighted by molar-refractivity contribution is 0.118. The van der Waals surface area contributed by atoms with E-state index in [1.807, 2.05) is 18.2 Å². The Kier molecular flexibility index (Phi) is 7.06. The standard InChI is InChI=1S/C16H24N2O2/c1-5-13(2)18(8-9-19-3)12-14-6-7-15(11-17)16(10-14)20-4/h6-7,10,13H,5,8-9,12H2,1-4H3. The predicted octanol–water partition coefficient (Wildman–Crippen LogP) is 2.81. The molecule has 0 aliphatic carbocycles. The number of benzene rings is 1. The fourth-order valence-electron chi connectivity index (χ4n) is 2.08. The second kappa shape index (κ2) is 8.57. The third kappa shape index (κ3) is 4.52. The number of hydrogen-bond acceptors (Lipinski definition) is 4. The zero-order valence-electron chi connectivity index (χ0n) is 12.8. The van der Waals surface area contributed by atoms with Gasteiger partial charge >= 0.3 is 0 Å². The van der Waals surface area contributed by atoms with E-state index in [1.54, 1.807) is 14.2 Å². The van der Waals surface area contributed by atoms with Crippen molar-refractivity contribution in [3.8, 4) is 11.8 Å². The van der Waals surface area contributed by atoms with E-state index in [1.165, 1.54) is 0 Å². The van der Waals surface area contributed by atoms with Crippen molar-refractivity contribution in [2.45, 2.75) is 32.9 Å². The molecule has 20 heavy (non-hydrogen) atoms. The van der Waals surface area contributed by atoms with Gasteiger partial charge in [0.05, 0.1) is 19.3 Å². The maximum Gasteiger partial charge on any atom is 0.136 e. The van der Waals surface area contributed by atoms with Gasteiger partial charge in [-0.3, -0.25) is 4.90 Å². The lowest BCUT2D eigenvalue weighted by Gasteiger charge is -2.28. The largest absolute Gasteiger partial charge is 0.495 e. The summed E-state index contributed by atoms with van der Waals surface area (Å²) in [7, 11) is 3.32. The quantitative estimate of drug-likeness (QED) is 0.732. The lowest BCUT2D eigenvalue weighted by atomic mass is 10.1. The van der Waals surface area contributed by atoms with Gasteiger partial charge in [-0.05, 0) is 31.0 Å². The van der Waals surface area contributed by atoms with Gasteiger partial charge in [0.1, 0.15) is 11.8 Å². The molecule has 0 saturated heterocycles. The van der Waals surface area contributed by atoms with Crippen LogP contribution in [0.15, 0.2) is 18.2 Å². The summed E-state index contributed by atoms with van der Waals surface area (Å²) in [6.45, 7) is 6.85. The zero-order chi connectivity index (χ0) is 15.0. The summed E-state index contributed by atoms with van der Waals surface area (Å²) in [5.74, 6) is 0.640. The third-order valence-corrected chi connectivity index (χ3v) is 3.57. The number of methoxy groups -OCH3 is 2. The zero-order valence-corrected chi connectivity index (χ0v) is 12.8. The number of ether oxygens (including phenoxy) is 2. The van der Waals surface area contributed by atoms with E-state index in [9.17, 15) is 0 Å². The molecule has 0 heterocycles. The molecule has 4 heteroatoms. The van der Waals surface area contributed by atoms with Crippen molar-refractivity contribution in [1.29, 1.82) is 5.26 Å². The highest BCUT2D eigenvalue weighted by Gasteiger charge is 2.13. The number of hydrogen-bond donors (Lipinski definition) is 0. The first-order chi connectivity index (χ1) is 9.65. The molecule has 1 unspecified atom stereocenters. The summed E-state index contributed by atoms with van der Waals surface area (Å²) in [4.78, 5) is 2.38. The highest BCUT2D eigenvalue weighted by molar-refractivity contribution is 5.45. The van der Waals surface area contributed by atoms with Crippen LogP contribution in [-0.2, 0) is 11.3 Å². The molecule has 0 N–H and O–H groups in total. The van der Waals surface area contributed by atoms with Gasteiger partial charge in [0.15, 0.2) is 0 Å². The molecular formula is C16H24N2O2. The number of nitriles is 1. The molecule has 0 amide bonds. The van der Waals surface area contributed by atoms with Crippen LogP contribution < -0.4 is 4.74 Å². The topological polar surface area (TPSA) is 45.5 Å². The maximum absolute atomic E-state index is 9.01. The molecule has 1 atom stereocenters. The highest BCUT2D eigenvalue weighted by Crippen LogP contribution is 2.21. The average molecular weight is 276 g/mol. The smallest absolute Gasteiger partial charge is 0.136 e. The summed E-state index contributed by atoms with van der Waals surface area (Å²) < 4.78 is 10.4. The Morgan fingerprint density at radius 3 is 2.65 bits per heavy atom. The molecule has 0 radical (unpaired) electrons. The minimum Gasteiger partial charge on any atom is -0.495 e. The van der Waals surface area contributed by atoms with Crippen molar-refractivity contribution in [2.75, 3.05) is 27.4 Å². The Balaban J connectivity index is 2.85. The summed E-state index contributed by atoms with van der Waals surface area (Å²) in [6, 6.07) is 8.38. The Labute approximate surface area is 121 Å². The molecule has 0 saturated carbocycles. The van der Waals surface area contributed by atoms with Crippen molar-refractivity contribution >= 4 is 0 Å². The second-order valence-electron chi connectivity index (χ2n) is 4.87. The lowest BCUT2D eigenvalue weighted by Crippen LogP contribution is -2.34. The molecule has 1 aromatic carbocycles. The molecule has 0 fully saturated rings. The third-order valence-electron chi connectivity index (χ3n) is 3.57.